The van der Waals surface area contributed by atoms with Crippen LogP contribution in [0, 0.1) is 0 Å². The van der Waals surface area contributed by atoms with Crippen molar-refractivity contribution in [3.8, 4) is 0 Å². The molecule has 9 heteroatoms. The molecular formula is C21H25F3N2O3S. The van der Waals surface area contributed by atoms with Gasteiger partial charge in [-0.25, -0.2) is 13.1 Å². The molecule has 0 aliphatic heterocycles. The van der Waals surface area contributed by atoms with Crippen molar-refractivity contribution in [3.63, 3.8) is 0 Å². The summed E-state index contributed by atoms with van der Waals surface area (Å²) in [5.74, 6) is -0.0549. The summed E-state index contributed by atoms with van der Waals surface area (Å²) in [6.07, 6.45) is -4.05. The van der Waals surface area contributed by atoms with Crippen LogP contribution in [0.15, 0.2) is 53.4 Å². The summed E-state index contributed by atoms with van der Waals surface area (Å²) in [7, 11) is -3.70. The van der Waals surface area contributed by atoms with Gasteiger partial charge < -0.3 is 5.32 Å². The molecule has 0 aromatic heterocycles. The third-order valence-electron chi connectivity index (χ3n) is 4.52. The molecule has 0 unspecified atom stereocenters. The zero-order valence-corrected chi connectivity index (χ0v) is 17.6. The summed E-state index contributed by atoms with van der Waals surface area (Å²) in [5.41, 5.74) is 0.969. The molecule has 164 valence electrons. The van der Waals surface area contributed by atoms with Crippen molar-refractivity contribution in [2.75, 3.05) is 13.1 Å². The highest BCUT2D eigenvalue weighted by Gasteiger charge is 2.29. The largest absolute Gasteiger partial charge is 0.416 e. The van der Waals surface area contributed by atoms with E-state index in [1.165, 1.54) is 24.3 Å². The van der Waals surface area contributed by atoms with Gasteiger partial charge in [-0.05, 0) is 47.7 Å². The second kappa shape index (κ2) is 10.1. The molecule has 0 bridgehead atoms. The van der Waals surface area contributed by atoms with Crippen molar-refractivity contribution in [3.05, 3.63) is 65.2 Å². The molecule has 2 rings (SSSR count). The van der Waals surface area contributed by atoms with Crippen LogP contribution in [-0.4, -0.2) is 27.4 Å². The van der Waals surface area contributed by atoms with Gasteiger partial charge >= 0.3 is 6.18 Å². The highest BCUT2D eigenvalue weighted by atomic mass is 32.2. The Kier molecular flexibility index (Phi) is 8.03. The average molecular weight is 443 g/mol. The molecule has 30 heavy (non-hydrogen) atoms. The topological polar surface area (TPSA) is 75.3 Å². The minimum Gasteiger partial charge on any atom is -0.356 e. The number of halogens is 3. The predicted molar refractivity (Wildman–Crippen MR) is 108 cm³/mol. The lowest BCUT2D eigenvalue weighted by Crippen LogP contribution is -2.31. The third kappa shape index (κ3) is 7.14. The zero-order valence-electron chi connectivity index (χ0n) is 16.8. The standard InChI is InChI=1S/C21H25F3N2O3S/c1-15(2)17-5-9-19(10-6-17)30(28,29)26-14-12-20(27)25-13-11-16-3-7-18(8-4-16)21(22,23)24/h3-10,15,26H,11-14H2,1-2H3,(H,25,27). The first-order valence-corrected chi connectivity index (χ1v) is 11.0. The van der Waals surface area contributed by atoms with E-state index in [9.17, 15) is 26.4 Å². The first kappa shape index (κ1) is 23.9. The van der Waals surface area contributed by atoms with Gasteiger partial charge in [0.15, 0.2) is 0 Å². The molecule has 0 saturated heterocycles. The van der Waals surface area contributed by atoms with E-state index in [1.807, 2.05) is 13.8 Å². The van der Waals surface area contributed by atoms with Crippen molar-refractivity contribution in [1.82, 2.24) is 10.0 Å². The van der Waals surface area contributed by atoms with E-state index >= 15 is 0 Å². The predicted octanol–water partition coefficient (Wildman–Crippen LogP) is 3.86. The van der Waals surface area contributed by atoms with Crippen LogP contribution >= 0.6 is 0 Å². The number of alkyl halides is 3. The Balaban J connectivity index is 1.74. The quantitative estimate of drug-likeness (QED) is 0.619. The van der Waals surface area contributed by atoms with Gasteiger partial charge in [-0.1, -0.05) is 38.1 Å². The summed E-state index contributed by atoms with van der Waals surface area (Å²) in [6, 6.07) is 11.3. The first-order valence-electron chi connectivity index (χ1n) is 9.51. The van der Waals surface area contributed by atoms with Gasteiger partial charge in [0.1, 0.15) is 0 Å². The van der Waals surface area contributed by atoms with Crippen molar-refractivity contribution in [2.45, 2.75) is 43.7 Å². The van der Waals surface area contributed by atoms with Gasteiger partial charge in [-0.2, -0.15) is 13.2 Å². The molecule has 0 radical (unpaired) electrons. The van der Waals surface area contributed by atoms with Gasteiger partial charge in [-0.3, -0.25) is 4.79 Å². The van der Waals surface area contributed by atoms with E-state index in [0.717, 1.165) is 17.7 Å². The third-order valence-corrected chi connectivity index (χ3v) is 6.00. The molecule has 0 aliphatic carbocycles. The van der Waals surface area contributed by atoms with Gasteiger partial charge in [0.2, 0.25) is 15.9 Å². The Morgan fingerprint density at radius 1 is 0.967 bits per heavy atom. The molecule has 0 aliphatic rings. The van der Waals surface area contributed by atoms with Crippen LogP contribution in [-0.2, 0) is 27.4 Å². The molecule has 0 saturated carbocycles. The van der Waals surface area contributed by atoms with Crippen molar-refractivity contribution in [2.24, 2.45) is 0 Å². The SMILES string of the molecule is CC(C)c1ccc(S(=O)(=O)NCCC(=O)NCCc2ccc(C(F)(F)F)cc2)cc1. The maximum absolute atomic E-state index is 12.5. The normalized spacial score (nSPS) is 12.2. The number of benzene rings is 2. The minimum absolute atomic E-state index is 0.0453. The number of hydrogen-bond donors (Lipinski definition) is 2. The number of sulfonamides is 1. The molecular weight excluding hydrogens is 417 g/mol. The Hall–Kier alpha value is -2.39. The molecule has 1 amide bonds. The molecule has 0 atom stereocenters. The Bertz CT molecular complexity index is 939. The molecule has 2 aromatic rings. The maximum Gasteiger partial charge on any atom is 0.416 e. The van der Waals surface area contributed by atoms with Crippen LogP contribution in [0.4, 0.5) is 13.2 Å². The second-order valence-electron chi connectivity index (χ2n) is 7.17. The number of carbonyl (C=O) groups excluding carboxylic acids is 1. The van der Waals surface area contributed by atoms with Crippen molar-refractivity contribution in [1.29, 1.82) is 0 Å². The highest BCUT2D eigenvalue weighted by Crippen LogP contribution is 2.29. The van der Waals surface area contributed by atoms with Gasteiger partial charge in [0.05, 0.1) is 10.5 Å². The summed E-state index contributed by atoms with van der Waals surface area (Å²) in [6.45, 7) is 4.21. The fraction of sp³-hybridized carbons (Fsp3) is 0.381. The number of rotatable bonds is 9. The van der Waals surface area contributed by atoms with Crippen LogP contribution in [0.25, 0.3) is 0 Å². The zero-order chi connectivity index (χ0) is 22.4. The first-order chi connectivity index (χ1) is 14.0. The van der Waals surface area contributed by atoms with E-state index in [1.54, 1.807) is 12.1 Å². The highest BCUT2D eigenvalue weighted by molar-refractivity contribution is 7.89. The second-order valence-corrected chi connectivity index (χ2v) is 8.93. The summed E-state index contributed by atoms with van der Waals surface area (Å²) >= 11 is 0. The fourth-order valence-corrected chi connectivity index (χ4v) is 3.74. The van der Waals surface area contributed by atoms with Crippen molar-refractivity contribution >= 4 is 15.9 Å². The van der Waals surface area contributed by atoms with Crippen LogP contribution in [0.5, 0.6) is 0 Å². The van der Waals surface area contributed by atoms with Crippen LogP contribution in [0.2, 0.25) is 0 Å². The fourth-order valence-electron chi connectivity index (χ4n) is 2.71. The Morgan fingerprint density at radius 2 is 1.57 bits per heavy atom. The van der Waals surface area contributed by atoms with Gasteiger partial charge in [0.25, 0.3) is 0 Å². The van der Waals surface area contributed by atoms with Gasteiger partial charge in [0, 0.05) is 19.5 Å². The molecule has 0 heterocycles. The lowest BCUT2D eigenvalue weighted by atomic mass is 10.0. The minimum atomic E-state index is -4.38. The number of carbonyl (C=O) groups is 1. The molecule has 0 fully saturated rings. The van der Waals surface area contributed by atoms with Gasteiger partial charge in [-0.15, -0.1) is 0 Å². The van der Waals surface area contributed by atoms with Crippen LogP contribution in [0.1, 0.15) is 42.9 Å². The van der Waals surface area contributed by atoms with E-state index in [0.29, 0.717) is 17.9 Å². The molecule has 5 nitrogen and oxygen atoms in total. The Morgan fingerprint density at radius 3 is 2.10 bits per heavy atom. The molecule has 0 spiro atoms. The monoisotopic (exact) mass is 442 g/mol. The Labute approximate surface area is 174 Å². The van der Waals surface area contributed by atoms with Crippen LogP contribution < -0.4 is 10.0 Å². The van der Waals surface area contributed by atoms with E-state index in [2.05, 4.69) is 10.0 Å². The molecule has 2 N–H and O–H groups in total. The van der Waals surface area contributed by atoms with Crippen LogP contribution in [0.3, 0.4) is 0 Å². The maximum atomic E-state index is 12.5. The number of nitrogens with one attached hydrogen (secondary N) is 2. The lowest BCUT2D eigenvalue weighted by Gasteiger charge is -2.10. The number of hydrogen-bond acceptors (Lipinski definition) is 3. The number of amides is 1. The summed E-state index contributed by atoms with van der Waals surface area (Å²) in [5, 5.41) is 2.63. The van der Waals surface area contributed by atoms with E-state index < -0.39 is 21.8 Å². The summed E-state index contributed by atoms with van der Waals surface area (Å²) in [4.78, 5) is 12.0. The average Bonchev–Trinajstić information content (AvgIpc) is 2.67. The smallest absolute Gasteiger partial charge is 0.356 e. The van der Waals surface area contributed by atoms with Crippen molar-refractivity contribution < 1.29 is 26.4 Å². The molecule has 2 aromatic carbocycles. The summed E-state index contributed by atoms with van der Waals surface area (Å²) < 4.78 is 64.5. The van der Waals surface area contributed by atoms with E-state index in [4.69, 9.17) is 0 Å². The van der Waals surface area contributed by atoms with E-state index in [-0.39, 0.29) is 30.3 Å². The lowest BCUT2D eigenvalue weighted by molar-refractivity contribution is -0.137.